The standard InChI is InChI=1S/C22H46O4S.K/c1-3-5-7-10-13-17-21(23)18-14-11-9-12-16-20-22(27(24,25)26)19-15-8-6-4-2;/h21-23H,3-20H2,1-2H3,(H,24,25,26);/q;+1/p-1. The maximum Gasteiger partial charge on any atom is 1.00 e. The van der Waals surface area contributed by atoms with Gasteiger partial charge in [0, 0.05) is 5.25 Å². The summed E-state index contributed by atoms with van der Waals surface area (Å²) in [5, 5.41) is 9.30. The number of rotatable bonds is 20. The van der Waals surface area contributed by atoms with Crippen molar-refractivity contribution in [3.63, 3.8) is 0 Å². The van der Waals surface area contributed by atoms with Gasteiger partial charge in [-0.3, -0.25) is 0 Å². The predicted octanol–water partition coefficient (Wildman–Crippen LogP) is 3.33. The second kappa shape index (κ2) is 21.7. The Morgan fingerprint density at radius 2 is 0.964 bits per heavy atom. The normalized spacial score (nSPS) is 13.9. The van der Waals surface area contributed by atoms with E-state index >= 15 is 0 Å². The smallest absolute Gasteiger partial charge is 0.748 e. The van der Waals surface area contributed by atoms with Crippen molar-refractivity contribution in [3.8, 4) is 0 Å². The molecule has 0 aliphatic rings. The Kier molecular flexibility index (Phi) is 24.6. The molecule has 0 aromatic rings. The minimum absolute atomic E-state index is 0. The van der Waals surface area contributed by atoms with Gasteiger partial charge in [0.25, 0.3) is 0 Å². The molecule has 0 aliphatic carbocycles. The van der Waals surface area contributed by atoms with Gasteiger partial charge in [-0.1, -0.05) is 104 Å². The zero-order chi connectivity index (χ0) is 20.4. The summed E-state index contributed by atoms with van der Waals surface area (Å²) >= 11 is 0. The SMILES string of the molecule is CCCCCCCC(O)CCCCCCCC(CCCCCC)S(=O)(=O)[O-].[K+]. The van der Waals surface area contributed by atoms with E-state index in [0.29, 0.717) is 12.8 Å². The van der Waals surface area contributed by atoms with E-state index in [4.69, 9.17) is 0 Å². The first-order valence-electron chi connectivity index (χ1n) is 11.5. The van der Waals surface area contributed by atoms with Gasteiger partial charge < -0.3 is 9.66 Å². The van der Waals surface area contributed by atoms with E-state index in [-0.39, 0.29) is 57.5 Å². The summed E-state index contributed by atoms with van der Waals surface area (Å²) in [4.78, 5) is 0. The number of hydrogen-bond donors (Lipinski definition) is 1. The summed E-state index contributed by atoms with van der Waals surface area (Å²) < 4.78 is 34.2. The van der Waals surface area contributed by atoms with Gasteiger partial charge >= 0.3 is 51.4 Å². The summed E-state index contributed by atoms with van der Waals surface area (Å²) in [6, 6.07) is 0. The first-order valence-corrected chi connectivity index (χ1v) is 13.0. The molecule has 0 amide bonds. The third kappa shape index (κ3) is 20.8. The van der Waals surface area contributed by atoms with Gasteiger partial charge in [-0.15, -0.1) is 0 Å². The van der Waals surface area contributed by atoms with Crippen molar-refractivity contribution < 1.29 is 69.5 Å². The molecular formula is C22H45KO4S. The van der Waals surface area contributed by atoms with Crippen LogP contribution >= 0.6 is 0 Å². The molecule has 4 nitrogen and oxygen atoms in total. The molecule has 0 rings (SSSR count). The largest absolute Gasteiger partial charge is 1.00 e. The first kappa shape index (κ1) is 31.7. The van der Waals surface area contributed by atoms with Crippen LogP contribution in [0.1, 0.15) is 129 Å². The maximum absolute atomic E-state index is 11.4. The Labute approximate surface area is 218 Å². The molecule has 0 fully saturated rings. The van der Waals surface area contributed by atoms with E-state index in [1.54, 1.807) is 0 Å². The Bertz CT molecular complexity index is 415. The van der Waals surface area contributed by atoms with Crippen molar-refractivity contribution in [1.82, 2.24) is 0 Å². The molecule has 0 heterocycles. The summed E-state index contributed by atoms with van der Waals surface area (Å²) in [5.74, 6) is 0. The van der Waals surface area contributed by atoms with Gasteiger partial charge in [-0.2, -0.15) is 0 Å². The van der Waals surface area contributed by atoms with Crippen LogP contribution in [0.2, 0.25) is 0 Å². The molecule has 6 heteroatoms. The third-order valence-electron chi connectivity index (χ3n) is 5.49. The number of aliphatic hydroxyl groups excluding tert-OH is 1. The summed E-state index contributed by atoms with van der Waals surface area (Å²) in [6.07, 6.45) is 17.9. The molecule has 0 radical (unpaired) electrons. The fourth-order valence-electron chi connectivity index (χ4n) is 3.64. The zero-order valence-electron chi connectivity index (χ0n) is 19.0. The second-order valence-electron chi connectivity index (χ2n) is 8.17. The minimum Gasteiger partial charge on any atom is -0.748 e. The predicted molar refractivity (Wildman–Crippen MR) is 114 cm³/mol. The fourth-order valence-corrected chi connectivity index (χ4v) is 4.55. The summed E-state index contributed by atoms with van der Waals surface area (Å²) in [6.45, 7) is 4.33. The topological polar surface area (TPSA) is 77.4 Å². The molecule has 2 atom stereocenters. The van der Waals surface area contributed by atoms with Gasteiger partial charge in [0.05, 0.1) is 16.2 Å². The van der Waals surface area contributed by atoms with Crippen LogP contribution in [0.4, 0.5) is 0 Å². The molecule has 164 valence electrons. The molecule has 28 heavy (non-hydrogen) atoms. The second-order valence-corrected chi connectivity index (χ2v) is 9.82. The molecule has 0 bridgehead atoms. The first-order chi connectivity index (χ1) is 12.9. The molecule has 0 spiro atoms. The van der Waals surface area contributed by atoms with Crippen LogP contribution in [0, 0.1) is 0 Å². The number of aliphatic hydroxyl groups is 1. The monoisotopic (exact) mass is 444 g/mol. The van der Waals surface area contributed by atoms with Gasteiger partial charge in [0.15, 0.2) is 0 Å². The van der Waals surface area contributed by atoms with Crippen molar-refractivity contribution in [2.24, 2.45) is 0 Å². The van der Waals surface area contributed by atoms with Crippen LogP contribution in [0.3, 0.4) is 0 Å². The molecule has 0 saturated heterocycles. The van der Waals surface area contributed by atoms with Gasteiger partial charge in [0.2, 0.25) is 0 Å². The van der Waals surface area contributed by atoms with Crippen LogP contribution in [0.5, 0.6) is 0 Å². The zero-order valence-corrected chi connectivity index (χ0v) is 22.9. The van der Waals surface area contributed by atoms with Gasteiger partial charge in [0.1, 0.15) is 0 Å². The maximum atomic E-state index is 11.4. The van der Waals surface area contributed by atoms with Crippen LogP contribution < -0.4 is 51.4 Å². The third-order valence-corrected chi connectivity index (χ3v) is 6.78. The summed E-state index contributed by atoms with van der Waals surface area (Å²) in [5.41, 5.74) is 0. The molecule has 0 aliphatic heterocycles. The Balaban J connectivity index is 0. The Hall–Kier alpha value is 1.51. The number of hydrogen-bond acceptors (Lipinski definition) is 4. The molecule has 1 N–H and O–H groups in total. The van der Waals surface area contributed by atoms with E-state index in [0.717, 1.165) is 77.0 Å². The van der Waals surface area contributed by atoms with Crippen molar-refractivity contribution in [3.05, 3.63) is 0 Å². The molecule has 0 aromatic heterocycles. The van der Waals surface area contributed by atoms with Gasteiger partial charge in [-0.25, -0.2) is 8.42 Å². The molecule has 0 aromatic carbocycles. The van der Waals surface area contributed by atoms with E-state index in [1.165, 1.54) is 25.7 Å². The van der Waals surface area contributed by atoms with E-state index < -0.39 is 15.4 Å². The Morgan fingerprint density at radius 3 is 1.36 bits per heavy atom. The molecule has 0 saturated carbocycles. The van der Waals surface area contributed by atoms with E-state index in [2.05, 4.69) is 13.8 Å². The van der Waals surface area contributed by atoms with Crippen molar-refractivity contribution in [1.29, 1.82) is 0 Å². The van der Waals surface area contributed by atoms with Crippen molar-refractivity contribution in [2.75, 3.05) is 0 Å². The van der Waals surface area contributed by atoms with Crippen LogP contribution in [0.25, 0.3) is 0 Å². The Morgan fingerprint density at radius 1 is 0.643 bits per heavy atom. The van der Waals surface area contributed by atoms with Crippen molar-refractivity contribution >= 4 is 10.1 Å². The van der Waals surface area contributed by atoms with E-state index in [1.807, 2.05) is 0 Å². The van der Waals surface area contributed by atoms with Gasteiger partial charge in [-0.05, 0) is 25.7 Å². The average Bonchev–Trinajstić information content (AvgIpc) is 2.61. The quantitative estimate of drug-likeness (QED) is 0.177. The van der Waals surface area contributed by atoms with E-state index in [9.17, 15) is 18.1 Å². The fraction of sp³-hybridized carbons (Fsp3) is 1.00. The van der Waals surface area contributed by atoms with Crippen LogP contribution in [0.15, 0.2) is 0 Å². The molecular weight excluding hydrogens is 399 g/mol. The van der Waals surface area contributed by atoms with Crippen molar-refractivity contribution in [2.45, 2.75) is 141 Å². The minimum atomic E-state index is -4.16. The number of unbranched alkanes of at least 4 members (excludes halogenated alkanes) is 11. The van der Waals surface area contributed by atoms with Crippen LogP contribution in [-0.2, 0) is 10.1 Å². The average molecular weight is 445 g/mol. The molecule has 2 unspecified atom stereocenters. The van der Waals surface area contributed by atoms with Crippen LogP contribution in [-0.4, -0.2) is 29.4 Å². The summed E-state index contributed by atoms with van der Waals surface area (Å²) in [7, 11) is -4.16.